The third kappa shape index (κ3) is 1.45. The minimum absolute atomic E-state index is 0.0124. The Bertz CT molecular complexity index is 518. The highest BCUT2D eigenvalue weighted by Crippen LogP contribution is 2.41. The number of hydrogen-bond donors (Lipinski definition) is 1. The largest absolute Gasteiger partial charge is 0.322 e. The standard InChI is InChI=1S/C12H13N3S/c1-7(13)11-14-15-12(16-11)10-6-8-4-2-3-5-9(8)10/h2-5,7,10H,6,13H2,1H3. The second-order valence-corrected chi connectivity index (χ2v) is 5.26. The fourth-order valence-corrected chi connectivity index (χ4v) is 2.97. The van der Waals surface area contributed by atoms with Gasteiger partial charge in [0.25, 0.3) is 0 Å². The van der Waals surface area contributed by atoms with E-state index in [1.54, 1.807) is 11.3 Å². The summed E-state index contributed by atoms with van der Waals surface area (Å²) in [5.41, 5.74) is 8.62. The normalized spacial score (nSPS) is 20.0. The van der Waals surface area contributed by atoms with Crippen LogP contribution in [0.5, 0.6) is 0 Å². The molecule has 1 aromatic carbocycles. The Labute approximate surface area is 98.3 Å². The summed E-state index contributed by atoms with van der Waals surface area (Å²) in [4.78, 5) is 0. The van der Waals surface area contributed by atoms with E-state index in [2.05, 4.69) is 34.5 Å². The average Bonchev–Trinajstić information content (AvgIpc) is 2.69. The molecule has 0 saturated heterocycles. The number of nitrogens with two attached hydrogens (primary N) is 1. The van der Waals surface area contributed by atoms with Gasteiger partial charge in [-0.15, -0.1) is 10.2 Å². The van der Waals surface area contributed by atoms with Crippen molar-refractivity contribution in [3.05, 3.63) is 45.4 Å². The van der Waals surface area contributed by atoms with Gasteiger partial charge >= 0.3 is 0 Å². The van der Waals surface area contributed by atoms with Gasteiger partial charge in [-0.1, -0.05) is 35.6 Å². The van der Waals surface area contributed by atoms with Crippen LogP contribution in [0, 0.1) is 0 Å². The third-order valence-corrected chi connectivity index (χ3v) is 4.24. The highest BCUT2D eigenvalue weighted by Gasteiger charge is 2.30. The van der Waals surface area contributed by atoms with Crippen molar-refractivity contribution in [2.45, 2.75) is 25.3 Å². The number of rotatable bonds is 2. The lowest BCUT2D eigenvalue weighted by atomic mass is 9.78. The van der Waals surface area contributed by atoms with Crippen molar-refractivity contribution in [2.75, 3.05) is 0 Å². The molecule has 3 rings (SSSR count). The van der Waals surface area contributed by atoms with Crippen molar-refractivity contribution in [1.82, 2.24) is 10.2 Å². The minimum atomic E-state index is -0.0124. The fourth-order valence-electron chi connectivity index (χ4n) is 2.05. The molecule has 0 saturated carbocycles. The number of aromatic nitrogens is 2. The predicted octanol–water partition coefficient (Wildman–Crippen LogP) is 2.25. The number of hydrogen-bond acceptors (Lipinski definition) is 4. The van der Waals surface area contributed by atoms with Crippen LogP contribution in [0.25, 0.3) is 0 Å². The molecule has 0 spiro atoms. The van der Waals surface area contributed by atoms with E-state index in [9.17, 15) is 0 Å². The lowest BCUT2D eigenvalue weighted by Crippen LogP contribution is -2.17. The summed E-state index contributed by atoms with van der Waals surface area (Å²) in [6.45, 7) is 1.94. The molecule has 16 heavy (non-hydrogen) atoms. The number of benzene rings is 1. The van der Waals surface area contributed by atoms with Crippen molar-refractivity contribution in [3.8, 4) is 0 Å². The lowest BCUT2D eigenvalue weighted by molar-refractivity contribution is 0.688. The maximum Gasteiger partial charge on any atom is 0.133 e. The fraction of sp³-hybridized carbons (Fsp3) is 0.333. The first kappa shape index (κ1) is 9.93. The van der Waals surface area contributed by atoms with E-state index in [4.69, 9.17) is 5.73 Å². The summed E-state index contributed by atoms with van der Waals surface area (Å²) >= 11 is 1.64. The second kappa shape index (κ2) is 3.64. The van der Waals surface area contributed by atoms with E-state index >= 15 is 0 Å². The van der Waals surface area contributed by atoms with Crippen molar-refractivity contribution in [1.29, 1.82) is 0 Å². The van der Waals surface area contributed by atoms with Crippen molar-refractivity contribution in [3.63, 3.8) is 0 Å². The molecule has 0 radical (unpaired) electrons. The van der Waals surface area contributed by atoms with E-state index in [0.29, 0.717) is 5.92 Å². The molecule has 0 aliphatic heterocycles. The van der Waals surface area contributed by atoms with Gasteiger partial charge < -0.3 is 5.73 Å². The van der Waals surface area contributed by atoms with Crippen LogP contribution in [0.4, 0.5) is 0 Å². The van der Waals surface area contributed by atoms with Gasteiger partial charge in [-0.05, 0) is 24.5 Å². The van der Waals surface area contributed by atoms with Crippen molar-refractivity contribution >= 4 is 11.3 Å². The first-order valence-corrected chi connectivity index (χ1v) is 6.24. The molecule has 1 heterocycles. The molecule has 3 nitrogen and oxygen atoms in total. The van der Waals surface area contributed by atoms with Gasteiger partial charge in [-0.2, -0.15) is 0 Å². The molecule has 82 valence electrons. The molecule has 1 aliphatic rings. The molecule has 2 atom stereocenters. The number of nitrogens with zero attached hydrogens (tertiary/aromatic N) is 2. The van der Waals surface area contributed by atoms with Gasteiger partial charge in [-0.25, -0.2) is 0 Å². The van der Waals surface area contributed by atoms with Crippen LogP contribution in [0.15, 0.2) is 24.3 Å². The zero-order valence-electron chi connectivity index (χ0n) is 9.05. The Kier molecular flexibility index (Phi) is 2.26. The summed E-state index contributed by atoms with van der Waals surface area (Å²) in [7, 11) is 0. The molecule has 4 heteroatoms. The average molecular weight is 231 g/mol. The molecule has 2 N–H and O–H groups in total. The Balaban J connectivity index is 1.91. The summed E-state index contributed by atoms with van der Waals surface area (Å²) in [6, 6.07) is 8.51. The minimum Gasteiger partial charge on any atom is -0.322 e. The van der Waals surface area contributed by atoms with Crippen LogP contribution in [0.3, 0.4) is 0 Å². The first-order valence-electron chi connectivity index (χ1n) is 5.42. The summed E-state index contributed by atoms with van der Waals surface area (Å²) in [6.07, 6.45) is 1.09. The quantitative estimate of drug-likeness (QED) is 0.862. The Morgan fingerprint density at radius 1 is 1.38 bits per heavy atom. The molecule has 1 aromatic heterocycles. The summed E-state index contributed by atoms with van der Waals surface area (Å²) in [5.74, 6) is 0.446. The molecular weight excluding hydrogens is 218 g/mol. The van der Waals surface area contributed by atoms with Crippen molar-refractivity contribution in [2.24, 2.45) is 5.73 Å². The summed E-state index contributed by atoms with van der Waals surface area (Å²) in [5, 5.41) is 10.4. The third-order valence-electron chi connectivity index (χ3n) is 3.00. The van der Waals surface area contributed by atoms with Crippen LogP contribution in [0.1, 0.15) is 40.0 Å². The molecule has 2 unspecified atom stereocenters. The molecule has 0 fully saturated rings. The predicted molar refractivity (Wildman–Crippen MR) is 64.5 cm³/mol. The van der Waals surface area contributed by atoms with Crippen molar-refractivity contribution < 1.29 is 0 Å². The Hall–Kier alpha value is -1.26. The van der Waals surface area contributed by atoms with Crippen LogP contribution >= 0.6 is 11.3 Å². The molecule has 2 aromatic rings. The van der Waals surface area contributed by atoms with E-state index in [1.165, 1.54) is 11.1 Å². The zero-order valence-corrected chi connectivity index (χ0v) is 9.87. The van der Waals surface area contributed by atoms with Crippen LogP contribution in [0.2, 0.25) is 0 Å². The van der Waals surface area contributed by atoms with E-state index in [0.717, 1.165) is 16.4 Å². The van der Waals surface area contributed by atoms with Gasteiger partial charge in [0.15, 0.2) is 0 Å². The monoisotopic (exact) mass is 231 g/mol. The van der Waals surface area contributed by atoms with E-state index in [1.807, 2.05) is 6.92 Å². The molecule has 0 bridgehead atoms. The van der Waals surface area contributed by atoms with E-state index in [-0.39, 0.29) is 6.04 Å². The Morgan fingerprint density at radius 3 is 2.88 bits per heavy atom. The van der Waals surface area contributed by atoms with Gasteiger partial charge in [-0.3, -0.25) is 0 Å². The SMILES string of the molecule is CC(N)c1nnc(C2Cc3ccccc32)s1. The van der Waals surface area contributed by atoms with Gasteiger partial charge in [0, 0.05) is 5.92 Å². The van der Waals surface area contributed by atoms with Crippen LogP contribution < -0.4 is 5.73 Å². The Morgan fingerprint density at radius 2 is 2.19 bits per heavy atom. The lowest BCUT2D eigenvalue weighted by Gasteiger charge is -2.27. The molecule has 0 amide bonds. The maximum absolute atomic E-state index is 5.79. The maximum atomic E-state index is 5.79. The molecular formula is C12H13N3S. The first-order chi connectivity index (χ1) is 7.75. The van der Waals surface area contributed by atoms with Crippen LogP contribution in [-0.2, 0) is 6.42 Å². The van der Waals surface area contributed by atoms with Gasteiger partial charge in [0.05, 0.1) is 6.04 Å². The smallest absolute Gasteiger partial charge is 0.133 e. The van der Waals surface area contributed by atoms with Gasteiger partial charge in [0.1, 0.15) is 10.0 Å². The highest BCUT2D eigenvalue weighted by molar-refractivity contribution is 7.11. The summed E-state index contributed by atoms with van der Waals surface area (Å²) < 4.78 is 0. The van der Waals surface area contributed by atoms with Gasteiger partial charge in [0.2, 0.25) is 0 Å². The number of fused-ring (bicyclic) bond motifs is 1. The zero-order chi connectivity index (χ0) is 11.1. The van der Waals surface area contributed by atoms with Crippen LogP contribution in [-0.4, -0.2) is 10.2 Å². The molecule has 1 aliphatic carbocycles. The highest BCUT2D eigenvalue weighted by atomic mass is 32.1. The second-order valence-electron chi connectivity index (χ2n) is 4.22. The topological polar surface area (TPSA) is 51.8 Å². The van der Waals surface area contributed by atoms with E-state index < -0.39 is 0 Å².